The van der Waals surface area contributed by atoms with E-state index >= 15 is 0 Å². The Balaban J connectivity index is 2.56. The summed E-state index contributed by atoms with van der Waals surface area (Å²) in [5.74, 6) is 0.0491. The molecule has 96 valence electrons. The quantitative estimate of drug-likeness (QED) is 0.826. The topological polar surface area (TPSA) is 56.1 Å². The zero-order valence-corrected chi connectivity index (χ0v) is 10.9. The molecule has 0 saturated carbocycles. The van der Waals surface area contributed by atoms with Crippen LogP contribution in [0, 0.1) is 11.3 Å². The van der Waals surface area contributed by atoms with Gasteiger partial charge in [0.2, 0.25) is 5.91 Å². The lowest BCUT2D eigenvalue weighted by Crippen LogP contribution is -2.36. The van der Waals surface area contributed by atoms with E-state index in [1.54, 1.807) is 12.1 Å². The number of likely N-dealkylation sites (N-methyl/N-ethyl adjacent to an activating group) is 2. The maximum atomic E-state index is 11.5. The lowest BCUT2D eigenvalue weighted by atomic mass is 10.1. The number of hydrogen-bond donors (Lipinski definition) is 1. The minimum Gasteiger partial charge on any atom is -0.355 e. The minimum atomic E-state index is 0.0491. The van der Waals surface area contributed by atoms with Gasteiger partial charge in [0.05, 0.1) is 18.2 Å². The fourth-order valence-electron chi connectivity index (χ4n) is 1.68. The highest BCUT2D eigenvalue weighted by Crippen LogP contribution is 2.06. The van der Waals surface area contributed by atoms with Gasteiger partial charge in [-0.15, -0.1) is 0 Å². The van der Waals surface area contributed by atoms with E-state index in [0.717, 1.165) is 18.7 Å². The van der Waals surface area contributed by atoms with Crippen molar-refractivity contribution in [1.82, 2.24) is 10.2 Å². The van der Waals surface area contributed by atoms with Gasteiger partial charge in [-0.1, -0.05) is 19.1 Å². The second-order valence-electron chi connectivity index (χ2n) is 4.07. The lowest BCUT2D eigenvalue weighted by molar-refractivity contribution is -0.122. The van der Waals surface area contributed by atoms with Crippen LogP contribution < -0.4 is 5.32 Å². The van der Waals surface area contributed by atoms with E-state index in [1.807, 2.05) is 26.0 Å². The summed E-state index contributed by atoms with van der Waals surface area (Å²) < 4.78 is 0. The van der Waals surface area contributed by atoms with Crippen molar-refractivity contribution in [1.29, 1.82) is 5.26 Å². The Labute approximate surface area is 108 Å². The maximum Gasteiger partial charge on any atom is 0.234 e. The van der Waals surface area contributed by atoms with Crippen molar-refractivity contribution in [2.75, 3.05) is 19.6 Å². The Morgan fingerprint density at radius 3 is 2.50 bits per heavy atom. The molecule has 1 amide bonds. The number of rotatable bonds is 6. The fourth-order valence-corrected chi connectivity index (χ4v) is 1.68. The number of amides is 1. The predicted molar refractivity (Wildman–Crippen MR) is 70.8 cm³/mol. The third kappa shape index (κ3) is 4.56. The first-order valence-corrected chi connectivity index (χ1v) is 6.17. The number of benzene rings is 1. The number of nitrogens with one attached hydrogen (secondary N) is 1. The zero-order valence-electron chi connectivity index (χ0n) is 10.9. The summed E-state index contributed by atoms with van der Waals surface area (Å²) >= 11 is 0. The molecule has 0 heterocycles. The summed E-state index contributed by atoms with van der Waals surface area (Å²) in [4.78, 5) is 13.6. The standard InChI is InChI=1S/C14H19N3O/c1-3-16-14(18)11-17(4-2)10-13-7-5-12(9-15)6-8-13/h5-8H,3-4,10-11H2,1-2H3,(H,16,18). The molecule has 0 aromatic heterocycles. The van der Waals surface area contributed by atoms with Gasteiger partial charge in [-0.05, 0) is 31.2 Å². The normalized spacial score (nSPS) is 10.1. The van der Waals surface area contributed by atoms with Gasteiger partial charge >= 0.3 is 0 Å². The van der Waals surface area contributed by atoms with Crippen molar-refractivity contribution < 1.29 is 4.79 Å². The van der Waals surface area contributed by atoms with E-state index in [4.69, 9.17) is 5.26 Å². The summed E-state index contributed by atoms with van der Waals surface area (Å²) in [5, 5.41) is 11.5. The Hall–Kier alpha value is -1.86. The van der Waals surface area contributed by atoms with Crippen LogP contribution >= 0.6 is 0 Å². The van der Waals surface area contributed by atoms with Crippen molar-refractivity contribution in [2.24, 2.45) is 0 Å². The molecule has 1 N–H and O–H groups in total. The van der Waals surface area contributed by atoms with E-state index in [1.165, 1.54) is 0 Å². The molecular weight excluding hydrogens is 226 g/mol. The van der Waals surface area contributed by atoms with Crippen LogP contribution in [0.4, 0.5) is 0 Å². The molecule has 0 radical (unpaired) electrons. The van der Waals surface area contributed by atoms with Crippen LogP contribution in [-0.4, -0.2) is 30.4 Å². The van der Waals surface area contributed by atoms with Gasteiger partial charge in [-0.3, -0.25) is 9.69 Å². The highest BCUT2D eigenvalue weighted by atomic mass is 16.2. The van der Waals surface area contributed by atoms with E-state index in [9.17, 15) is 4.79 Å². The summed E-state index contributed by atoms with van der Waals surface area (Å²) in [7, 11) is 0. The number of nitrogens with zero attached hydrogens (tertiary/aromatic N) is 2. The molecule has 1 rings (SSSR count). The molecule has 0 fully saturated rings. The average Bonchev–Trinajstić information content (AvgIpc) is 2.39. The van der Waals surface area contributed by atoms with Crippen LogP contribution in [0.3, 0.4) is 0 Å². The second-order valence-corrected chi connectivity index (χ2v) is 4.07. The van der Waals surface area contributed by atoms with Gasteiger partial charge in [0.25, 0.3) is 0 Å². The third-order valence-corrected chi connectivity index (χ3v) is 2.68. The van der Waals surface area contributed by atoms with E-state index in [2.05, 4.69) is 16.3 Å². The second kappa shape index (κ2) is 7.46. The van der Waals surface area contributed by atoms with Crippen molar-refractivity contribution >= 4 is 5.91 Å². The Bertz CT molecular complexity index is 420. The maximum absolute atomic E-state index is 11.5. The van der Waals surface area contributed by atoms with Crippen molar-refractivity contribution in [3.8, 4) is 6.07 Å². The van der Waals surface area contributed by atoms with Gasteiger partial charge in [0, 0.05) is 13.1 Å². The van der Waals surface area contributed by atoms with Gasteiger partial charge < -0.3 is 5.32 Å². The molecule has 0 saturated heterocycles. The highest BCUT2D eigenvalue weighted by molar-refractivity contribution is 5.77. The predicted octanol–water partition coefficient (Wildman–Crippen LogP) is 1.52. The molecule has 1 aromatic carbocycles. The molecule has 1 aromatic rings. The van der Waals surface area contributed by atoms with Crippen molar-refractivity contribution in [3.63, 3.8) is 0 Å². The molecule has 0 atom stereocenters. The average molecular weight is 245 g/mol. The summed E-state index contributed by atoms with van der Waals surface area (Å²) in [5.41, 5.74) is 1.77. The first kappa shape index (κ1) is 14.2. The van der Waals surface area contributed by atoms with Crippen LogP contribution in [0.2, 0.25) is 0 Å². The zero-order chi connectivity index (χ0) is 13.4. The summed E-state index contributed by atoms with van der Waals surface area (Å²) in [6.45, 7) is 6.55. The van der Waals surface area contributed by atoms with Gasteiger partial charge in [-0.2, -0.15) is 5.26 Å². The van der Waals surface area contributed by atoms with Crippen molar-refractivity contribution in [2.45, 2.75) is 20.4 Å². The first-order valence-electron chi connectivity index (χ1n) is 6.17. The number of carbonyl (C=O) groups is 1. The van der Waals surface area contributed by atoms with E-state index < -0.39 is 0 Å². The Kier molecular flexibility index (Phi) is 5.89. The minimum absolute atomic E-state index is 0.0491. The molecule has 0 aliphatic heterocycles. The highest BCUT2D eigenvalue weighted by Gasteiger charge is 2.08. The van der Waals surface area contributed by atoms with Gasteiger partial charge in [-0.25, -0.2) is 0 Å². The van der Waals surface area contributed by atoms with E-state index in [-0.39, 0.29) is 5.91 Å². The molecular formula is C14H19N3O. The van der Waals surface area contributed by atoms with Crippen LogP contribution in [-0.2, 0) is 11.3 Å². The Morgan fingerprint density at radius 2 is 2.00 bits per heavy atom. The Morgan fingerprint density at radius 1 is 1.33 bits per heavy atom. The van der Waals surface area contributed by atoms with Crippen LogP contribution in [0.5, 0.6) is 0 Å². The first-order chi connectivity index (χ1) is 8.69. The lowest BCUT2D eigenvalue weighted by Gasteiger charge is -2.19. The third-order valence-electron chi connectivity index (χ3n) is 2.68. The fraction of sp³-hybridized carbons (Fsp3) is 0.429. The monoisotopic (exact) mass is 245 g/mol. The molecule has 4 heteroatoms. The van der Waals surface area contributed by atoms with Crippen LogP contribution in [0.1, 0.15) is 25.0 Å². The molecule has 0 unspecified atom stereocenters. The van der Waals surface area contributed by atoms with Gasteiger partial charge in [0.15, 0.2) is 0 Å². The smallest absolute Gasteiger partial charge is 0.234 e. The number of hydrogen-bond acceptors (Lipinski definition) is 3. The van der Waals surface area contributed by atoms with E-state index in [0.29, 0.717) is 18.7 Å². The molecule has 0 bridgehead atoms. The summed E-state index contributed by atoms with van der Waals surface area (Å²) in [6.07, 6.45) is 0. The molecule has 0 spiro atoms. The van der Waals surface area contributed by atoms with Crippen molar-refractivity contribution in [3.05, 3.63) is 35.4 Å². The van der Waals surface area contributed by atoms with Gasteiger partial charge in [0.1, 0.15) is 0 Å². The largest absolute Gasteiger partial charge is 0.355 e. The molecule has 0 aliphatic rings. The molecule has 18 heavy (non-hydrogen) atoms. The SMILES string of the molecule is CCNC(=O)CN(CC)Cc1ccc(C#N)cc1. The number of carbonyl (C=O) groups excluding carboxylic acids is 1. The molecule has 0 aliphatic carbocycles. The van der Waals surface area contributed by atoms with Crippen LogP contribution in [0.15, 0.2) is 24.3 Å². The van der Waals surface area contributed by atoms with Crippen LogP contribution in [0.25, 0.3) is 0 Å². The summed E-state index contributed by atoms with van der Waals surface area (Å²) in [6, 6.07) is 9.55. The number of nitriles is 1. The molecule has 4 nitrogen and oxygen atoms in total.